The number of nitrogens with zero attached hydrogens (tertiary/aromatic N) is 2. The van der Waals surface area contributed by atoms with Crippen molar-refractivity contribution >= 4 is 67.1 Å². The molecule has 0 atom stereocenters. The molecule has 2 N–H and O–H groups in total. The van der Waals surface area contributed by atoms with Gasteiger partial charge in [-0.05, 0) is 47.7 Å². The number of benzene rings is 4. The first-order valence-electron chi connectivity index (χ1n) is 11.1. The van der Waals surface area contributed by atoms with Crippen molar-refractivity contribution in [2.45, 2.75) is 18.2 Å². The van der Waals surface area contributed by atoms with Crippen LogP contribution in [-0.2, 0) is 16.5 Å². The molecular weight excluding hydrogens is 576 g/mol. The Hall–Kier alpha value is -2.70. The molecule has 0 saturated heterocycles. The summed E-state index contributed by atoms with van der Waals surface area (Å²) in [7, 11) is -3.02. The molecule has 0 aliphatic heterocycles. The second-order valence-corrected chi connectivity index (χ2v) is 10.3. The molecule has 0 spiro atoms. The molecule has 13 heteroatoms. The van der Waals surface area contributed by atoms with Crippen LogP contribution in [0.15, 0.2) is 75.8 Å². The van der Waals surface area contributed by atoms with Gasteiger partial charge in [-0.2, -0.15) is 13.5 Å². The Morgan fingerprint density at radius 1 is 1.03 bits per heavy atom. The molecule has 1 amide bonds. The van der Waals surface area contributed by atoms with E-state index in [2.05, 4.69) is 15.5 Å². The number of fused-ring (bicyclic) bond motifs is 1. The number of rotatable bonds is 7. The Kier molecular flexibility index (Phi) is 10.0. The topological polar surface area (TPSA) is 140 Å². The fourth-order valence-electron chi connectivity index (χ4n) is 3.75. The third kappa shape index (κ3) is 6.72. The van der Waals surface area contributed by atoms with Crippen molar-refractivity contribution in [3.63, 3.8) is 0 Å². The Morgan fingerprint density at radius 3 is 2.38 bits per heavy atom. The molecule has 196 valence electrons. The van der Waals surface area contributed by atoms with Crippen LogP contribution in [0.1, 0.15) is 22.8 Å². The van der Waals surface area contributed by atoms with E-state index in [9.17, 15) is 22.9 Å². The molecule has 0 heterocycles. The van der Waals surface area contributed by atoms with Gasteiger partial charge >= 0.3 is 29.6 Å². The number of ether oxygens (including phenoxy) is 1. The number of azo groups is 1. The molecule has 9 nitrogen and oxygen atoms in total. The summed E-state index contributed by atoms with van der Waals surface area (Å²) in [5, 5.41) is 25.6. The van der Waals surface area contributed by atoms with Gasteiger partial charge in [-0.15, -0.1) is 5.11 Å². The van der Waals surface area contributed by atoms with E-state index in [4.69, 9.17) is 27.9 Å². The number of hydrogen-bond acceptors (Lipinski definition) is 7. The Bertz CT molecular complexity index is 1710. The van der Waals surface area contributed by atoms with Crippen molar-refractivity contribution in [3.05, 3.63) is 81.8 Å². The van der Waals surface area contributed by atoms with Gasteiger partial charge in [-0.1, -0.05) is 60.1 Å². The molecule has 4 aromatic rings. The maximum Gasteiger partial charge on any atom is 1.00 e. The number of anilines is 1. The first kappa shape index (κ1) is 30.8. The predicted molar refractivity (Wildman–Crippen MR) is 144 cm³/mol. The fraction of sp³-hybridized carbons (Fsp3) is 0.115. The van der Waals surface area contributed by atoms with Gasteiger partial charge in [0.25, 0.3) is 16.0 Å². The van der Waals surface area contributed by atoms with Crippen LogP contribution in [-0.4, -0.2) is 26.0 Å². The summed E-state index contributed by atoms with van der Waals surface area (Å²) < 4.78 is 37.7. The molecule has 0 radical (unpaired) electrons. The number of nitrogens with one attached hydrogen (secondary N) is 1. The van der Waals surface area contributed by atoms with Crippen LogP contribution in [0.5, 0.6) is 11.5 Å². The van der Waals surface area contributed by atoms with E-state index >= 15 is 0 Å². The zero-order valence-electron chi connectivity index (χ0n) is 21.0. The van der Waals surface area contributed by atoms with Gasteiger partial charge in [-0.25, -0.2) is 0 Å². The van der Waals surface area contributed by atoms with E-state index in [-0.39, 0.29) is 67.1 Å². The summed E-state index contributed by atoms with van der Waals surface area (Å²) in [6.07, 6.45) is 0.312. The summed E-state index contributed by atoms with van der Waals surface area (Å²) in [5.41, 5.74) is 0.461. The molecular formula is C26H20Cl2N3NaO6S. The van der Waals surface area contributed by atoms with Crippen molar-refractivity contribution < 1.29 is 57.2 Å². The van der Waals surface area contributed by atoms with Crippen LogP contribution < -0.4 is 44.7 Å². The quantitative estimate of drug-likeness (QED) is 0.189. The molecule has 0 fully saturated rings. The summed E-state index contributed by atoms with van der Waals surface area (Å²) in [6.45, 7) is 1.74. The van der Waals surface area contributed by atoms with Crippen LogP contribution in [0.2, 0.25) is 10.0 Å². The summed E-state index contributed by atoms with van der Waals surface area (Å²) in [5.74, 6) is -0.937. The first-order chi connectivity index (χ1) is 18.0. The van der Waals surface area contributed by atoms with Crippen LogP contribution >= 0.6 is 23.2 Å². The van der Waals surface area contributed by atoms with Gasteiger partial charge in [-0.3, -0.25) is 9.35 Å². The predicted octanol–water partition coefficient (Wildman–Crippen LogP) is 3.71. The molecule has 4 rings (SSSR count). The third-order valence-electron chi connectivity index (χ3n) is 5.69. The Labute approximate surface area is 256 Å². The summed E-state index contributed by atoms with van der Waals surface area (Å²) >= 11 is 12.5. The molecule has 0 aliphatic rings. The Balaban J connectivity index is 0.00000420. The summed E-state index contributed by atoms with van der Waals surface area (Å²) in [4.78, 5) is 12.8. The van der Waals surface area contributed by atoms with Crippen LogP contribution in [0, 0.1) is 0 Å². The minimum atomic E-state index is -4.49. The van der Waals surface area contributed by atoms with Crippen LogP contribution in [0.4, 0.5) is 17.1 Å². The van der Waals surface area contributed by atoms with Gasteiger partial charge in [0.05, 0.1) is 33.4 Å². The molecule has 0 aromatic heterocycles. The fourth-order valence-corrected chi connectivity index (χ4v) is 4.82. The molecule has 0 bridgehead atoms. The number of halogens is 2. The van der Waals surface area contributed by atoms with Gasteiger partial charge < -0.3 is 15.2 Å². The average molecular weight is 596 g/mol. The van der Waals surface area contributed by atoms with E-state index in [1.165, 1.54) is 25.3 Å². The number of aryl methyl sites for hydroxylation is 1. The minimum Gasteiger partial charge on any atom is -0.870 e. The molecule has 39 heavy (non-hydrogen) atoms. The average Bonchev–Trinajstić information content (AvgIpc) is 2.88. The monoisotopic (exact) mass is 595 g/mol. The normalized spacial score (nSPS) is 11.4. The van der Waals surface area contributed by atoms with Crippen molar-refractivity contribution in [2.24, 2.45) is 10.2 Å². The third-order valence-corrected chi connectivity index (χ3v) is 7.14. The van der Waals surface area contributed by atoms with E-state index < -0.39 is 21.8 Å². The van der Waals surface area contributed by atoms with Gasteiger partial charge in [0.15, 0.2) is 0 Å². The smallest absolute Gasteiger partial charge is 0.870 e. The second kappa shape index (κ2) is 12.6. The van der Waals surface area contributed by atoms with Crippen molar-refractivity contribution in [1.29, 1.82) is 0 Å². The van der Waals surface area contributed by atoms with Crippen molar-refractivity contribution in [3.8, 4) is 11.5 Å². The number of hydrogen-bond donors (Lipinski definition) is 2. The number of carbonyl (C=O) groups excluding carboxylic acids is 1. The maximum atomic E-state index is 13.5. The molecule has 0 unspecified atom stereocenters. The largest absolute Gasteiger partial charge is 1.00 e. The van der Waals surface area contributed by atoms with Crippen LogP contribution in [0.25, 0.3) is 10.8 Å². The molecule has 0 saturated carbocycles. The van der Waals surface area contributed by atoms with Gasteiger partial charge in [0, 0.05) is 17.0 Å². The second-order valence-electron chi connectivity index (χ2n) is 8.06. The molecule has 4 aromatic carbocycles. The van der Waals surface area contributed by atoms with E-state index in [0.717, 1.165) is 6.07 Å². The van der Waals surface area contributed by atoms with Crippen LogP contribution in [0.3, 0.4) is 0 Å². The maximum absolute atomic E-state index is 13.5. The van der Waals surface area contributed by atoms with Gasteiger partial charge in [0.2, 0.25) is 0 Å². The Morgan fingerprint density at radius 2 is 1.72 bits per heavy atom. The van der Waals surface area contributed by atoms with E-state index in [1.807, 2.05) is 0 Å². The number of amides is 1. The minimum absolute atomic E-state index is 0. The van der Waals surface area contributed by atoms with Gasteiger partial charge in [0.1, 0.15) is 11.4 Å². The zero-order valence-corrected chi connectivity index (χ0v) is 25.4. The van der Waals surface area contributed by atoms with Crippen molar-refractivity contribution in [2.75, 3.05) is 12.4 Å². The standard InChI is InChI=1S/C26H21Cl2N3O6S.Na/c1-3-14-10-17(38(34,35)36)13-21(28)23(14)30-31-24-18-7-5-4-6-15(18)11-19(25(24)32)26(33)29-22-12-16(37-2)8-9-20(22)27;/h4-13,32H,3H2,1-2H3,(H,29,33)(H,34,35,36);/q;+1/p-1. The molecule has 0 aliphatic carbocycles. The number of methoxy groups -OCH3 is 1. The number of carbonyl (C=O) groups is 1. The first-order valence-corrected chi connectivity index (χ1v) is 13.3. The van der Waals surface area contributed by atoms with Crippen molar-refractivity contribution in [1.82, 2.24) is 0 Å². The zero-order chi connectivity index (χ0) is 27.6. The summed E-state index contributed by atoms with van der Waals surface area (Å²) in [6, 6.07) is 15.3. The van der Waals surface area contributed by atoms with E-state index in [0.29, 0.717) is 28.5 Å². The SMILES string of the molecule is CCc1cc(S(=O)(=O)O)cc(Cl)c1N=Nc1c([O-])c(C(=O)Nc2cc(OC)ccc2Cl)cc2ccccc12.[Na+]. The van der Waals surface area contributed by atoms with E-state index in [1.54, 1.807) is 43.3 Å².